The third-order valence-electron chi connectivity index (χ3n) is 5.02. The Morgan fingerprint density at radius 3 is 2.81 bits per heavy atom. The topological polar surface area (TPSA) is 75.7 Å². The Kier molecular flexibility index (Phi) is 5.01. The number of ether oxygens (including phenoxy) is 1. The molecular weight excluding hydrogens is 352 g/mol. The lowest BCUT2D eigenvalue weighted by Gasteiger charge is -2.29. The number of anilines is 1. The van der Waals surface area contributed by atoms with Crippen LogP contribution in [-0.4, -0.2) is 45.5 Å². The summed E-state index contributed by atoms with van der Waals surface area (Å²) in [6.45, 7) is 7.42. The van der Waals surface area contributed by atoms with E-state index in [1.54, 1.807) is 23.6 Å². The number of hydrogen-bond donors (Lipinski definition) is 1. The van der Waals surface area contributed by atoms with Gasteiger partial charge in [-0.25, -0.2) is 4.79 Å². The molecule has 0 aromatic heterocycles. The lowest BCUT2D eigenvalue weighted by molar-refractivity contribution is -0.160. The average molecular weight is 376 g/mol. The summed E-state index contributed by atoms with van der Waals surface area (Å²) in [5.41, 5.74) is 2.75. The van der Waals surface area contributed by atoms with Crippen molar-refractivity contribution in [2.75, 3.05) is 11.1 Å². The van der Waals surface area contributed by atoms with E-state index >= 15 is 0 Å². The molecule has 0 saturated carbocycles. The third kappa shape index (κ3) is 3.45. The lowest BCUT2D eigenvalue weighted by atomic mass is 10.1. The molecule has 1 aromatic rings. The first-order chi connectivity index (χ1) is 12.2. The van der Waals surface area contributed by atoms with Gasteiger partial charge in [-0.2, -0.15) is 0 Å². The molecule has 0 aliphatic carbocycles. The van der Waals surface area contributed by atoms with Crippen molar-refractivity contribution in [1.82, 2.24) is 4.90 Å². The summed E-state index contributed by atoms with van der Waals surface area (Å²) < 4.78 is 5.38. The molecular formula is C19H24N2O4S. The van der Waals surface area contributed by atoms with E-state index in [4.69, 9.17) is 4.74 Å². The van der Waals surface area contributed by atoms with E-state index in [0.717, 1.165) is 17.5 Å². The lowest BCUT2D eigenvalue weighted by Crippen LogP contribution is -2.48. The Balaban J connectivity index is 1.62. The second-order valence-electron chi connectivity index (χ2n) is 7.15. The quantitative estimate of drug-likeness (QED) is 0.818. The molecule has 7 heteroatoms. The number of carbonyl (C=O) groups is 3. The van der Waals surface area contributed by atoms with Crippen molar-refractivity contribution in [2.45, 2.75) is 57.6 Å². The molecule has 2 amide bonds. The van der Waals surface area contributed by atoms with Gasteiger partial charge in [0.1, 0.15) is 6.04 Å². The van der Waals surface area contributed by atoms with Crippen LogP contribution in [0.15, 0.2) is 18.2 Å². The van der Waals surface area contributed by atoms with Gasteiger partial charge in [-0.3, -0.25) is 9.59 Å². The van der Waals surface area contributed by atoms with Gasteiger partial charge in [0.25, 0.3) is 5.91 Å². The highest BCUT2D eigenvalue weighted by Gasteiger charge is 2.53. The number of benzene rings is 1. The van der Waals surface area contributed by atoms with Gasteiger partial charge >= 0.3 is 5.97 Å². The maximum atomic E-state index is 12.5. The molecule has 0 radical (unpaired) electrons. The summed E-state index contributed by atoms with van der Waals surface area (Å²) in [5.74, 6) is -0.412. The van der Waals surface area contributed by atoms with E-state index in [0.29, 0.717) is 17.9 Å². The van der Waals surface area contributed by atoms with Gasteiger partial charge in [-0.15, -0.1) is 11.8 Å². The second-order valence-corrected chi connectivity index (χ2v) is 8.65. The fourth-order valence-corrected chi connectivity index (χ4v) is 4.91. The van der Waals surface area contributed by atoms with E-state index in [9.17, 15) is 14.4 Å². The minimum Gasteiger partial charge on any atom is -0.451 e. The van der Waals surface area contributed by atoms with Crippen LogP contribution in [0, 0.1) is 13.8 Å². The molecule has 0 unspecified atom stereocenters. The van der Waals surface area contributed by atoms with Gasteiger partial charge in [-0.05, 0) is 45.7 Å². The number of fused-ring (bicyclic) bond motifs is 1. The van der Waals surface area contributed by atoms with Gasteiger partial charge in [0, 0.05) is 17.9 Å². The monoisotopic (exact) mass is 376 g/mol. The molecule has 3 atom stereocenters. The van der Waals surface area contributed by atoms with Crippen molar-refractivity contribution in [1.29, 1.82) is 0 Å². The summed E-state index contributed by atoms with van der Waals surface area (Å²) >= 11 is 1.60. The molecule has 2 heterocycles. The minimum absolute atomic E-state index is 0.0214. The second kappa shape index (κ2) is 6.95. The zero-order valence-corrected chi connectivity index (χ0v) is 16.3. The molecule has 2 aliphatic rings. The fraction of sp³-hybridized carbons (Fsp3) is 0.526. The highest BCUT2D eigenvalue weighted by atomic mass is 32.2. The average Bonchev–Trinajstić information content (AvgIpc) is 3.06. The Labute approximate surface area is 157 Å². The first-order valence-corrected chi connectivity index (χ1v) is 9.74. The van der Waals surface area contributed by atoms with Gasteiger partial charge in [0.2, 0.25) is 5.91 Å². The zero-order valence-electron chi connectivity index (χ0n) is 15.5. The van der Waals surface area contributed by atoms with Gasteiger partial charge in [0.05, 0.1) is 4.87 Å². The molecule has 6 nitrogen and oxygen atoms in total. The highest BCUT2D eigenvalue weighted by molar-refractivity contribution is 8.01. The van der Waals surface area contributed by atoms with E-state index in [1.807, 2.05) is 39.0 Å². The van der Waals surface area contributed by atoms with Crippen molar-refractivity contribution >= 4 is 35.2 Å². The Morgan fingerprint density at radius 1 is 1.38 bits per heavy atom. The van der Waals surface area contributed by atoms with Crippen molar-refractivity contribution in [3.05, 3.63) is 29.3 Å². The third-order valence-corrected chi connectivity index (χ3v) is 6.52. The standard InChI is InChI=1S/C19H24N2O4S/c1-11-5-6-14(12(2)9-11)20-17(23)13(3)25-18(24)15-10-26-19(4)8-7-16(22)21(15)19/h5-6,9,13,15H,7-8,10H2,1-4H3,(H,20,23)/t13-,15-,19-/m0/s1. The predicted octanol–water partition coefficient (Wildman–Crippen LogP) is 2.63. The van der Waals surface area contributed by atoms with Crippen LogP contribution in [0.25, 0.3) is 0 Å². The number of nitrogens with zero attached hydrogens (tertiary/aromatic N) is 1. The van der Waals surface area contributed by atoms with Crippen molar-refractivity contribution in [2.24, 2.45) is 0 Å². The molecule has 26 heavy (non-hydrogen) atoms. The summed E-state index contributed by atoms with van der Waals surface area (Å²) in [6.07, 6.45) is 0.261. The highest BCUT2D eigenvalue weighted by Crippen LogP contribution is 2.47. The van der Waals surface area contributed by atoms with Crippen LogP contribution in [0.1, 0.15) is 37.8 Å². The first-order valence-electron chi connectivity index (χ1n) is 8.76. The van der Waals surface area contributed by atoms with Crippen LogP contribution in [0.5, 0.6) is 0 Å². The van der Waals surface area contributed by atoms with E-state index < -0.39 is 18.1 Å². The van der Waals surface area contributed by atoms with Crippen LogP contribution in [-0.2, 0) is 19.1 Å². The van der Waals surface area contributed by atoms with Crippen molar-refractivity contribution in [3.8, 4) is 0 Å². The molecule has 3 rings (SSSR count). The molecule has 2 saturated heterocycles. The molecule has 1 N–H and O–H groups in total. The minimum atomic E-state index is -0.933. The maximum absolute atomic E-state index is 12.5. The van der Waals surface area contributed by atoms with Gasteiger partial charge < -0.3 is 15.0 Å². The Hall–Kier alpha value is -2.02. The molecule has 140 valence electrons. The van der Waals surface area contributed by atoms with Gasteiger partial charge in [-0.1, -0.05) is 17.7 Å². The summed E-state index contributed by atoms with van der Waals surface area (Å²) in [5, 5.41) is 2.79. The molecule has 0 spiro atoms. The van der Waals surface area contributed by atoms with Crippen LogP contribution in [0.4, 0.5) is 5.69 Å². The predicted molar refractivity (Wildman–Crippen MR) is 101 cm³/mol. The van der Waals surface area contributed by atoms with Crippen LogP contribution in [0.2, 0.25) is 0 Å². The number of amides is 2. The Morgan fingerprint density at radius 2 is 2.12 bits per heavy atom. The maximum Gasteiger partial charge on any atom is 0.330 e. The summed E-state index contributed by atoms with van der Waals surface area (Å²) in [4.78, 5) is 38.4. The Bertz CT molecular complexity index is 766. The van der Waals surface area contributed by atoms with Crippen LogP contribution in [0.3, 0.4) is 0 Å². The zero-order chi connectivity index (χ0) is 19.1. The van der Waals surface area contributed by atoms with E-state index in [2.05, 4.69) is 5.32 Å². The first kappa shape index (κ1) is 18.8. The number of esters is 1. The van der Waals surface area contributed by atoms with Crippen LogP contribution >= 0.6 is 11.8 Å². The number of rotatable bonds is 4. The summed E-state index contributed by atoms with van der Waals surface area (Å²) in [6, 6.07) is 5.10. The number of aryl methyl sites for hydroxylation is 2. The number of carbonyl (C=O) groups excluding carboxylic acids is 3. The van der Waals surface area contributed by atoms with E-state index in [-0.39, 0.29) is 16.7 Å². The SMILES string of the molecule is Cc1ccc(NC(=O)[C@H](C)OC(=O)[C@@H]2CS[C@@]3(C)CCC(=O)N23)c(C)c1. The number of hydrogen-bond acceptors (Lipinski definition) is 5. The van der Waals surface area contributed by atoms with Crippen molar-refractivity contribution in [3.63, 3.8) is 0 Å². The summed E-state index contributed by atoms with van der Waals surface area (Å²) in [7, 11) is 0. The van der Waals surface area contributed by atoms with E-state index in [1.165, 1.54) is 0 Å². The normalized spacial score (nSPS) is 25.8. The number of nitrogens with one attached hydrogen (secondary N) is 1. The van der Waals surface area contributed by atoms with Gasteiger partial charge in [0.15, 0.2) is 6.10 Å². The molecule has 2 aliphatic heterocycles. The van der Waals surface area contributed by atoms with Crippen LogP contribution < -0.4 is 5.32 Å². The molecule has 0 bridgehead atoms. The van der Waals surface area contributed by atoms with Crippen molar-refractivity contribution < 1.29 is 19.1 Å². The molecule has 2 fully saturated rings. The smallest absolute Gasteiger partial charge is 0.330 e. The fourth-order valence-electron chi connectivity index (χ4n) is 3.49. The largest absolute Gasteiger partial charge is 0.451 e. The number of thioether (sulfide) groups is 1. The molecule has 1 aromatic carbocycles.